The summed E-state index contributed by atoms with van der Waals surface area (Å²) in [4.78, 5) is 12.5. The fourth-order valence-electron chi connectivity index (χ4n) is 5.10. The van der Waals surface area contributed by atoms with Gasteiger partial charge in [-0.3, -0.25) is 0 Å². The van der Waals surface area contributed by atoms with Crippen molar-refractivity contribution in [2.24, 2.45) is 0 Å². The smallest absolute Gasteiger partial charge is 0.407 e. The van der Waals surface area contributed by atoms with Crippen LogP contribution in [0.25, 0.3) is 5.57 Å². The molecule has 162 valence electrons. The highest BCUT2D eigenvalue weighted by atomic mass is 16.5. The fraction of sp³-hybridized carbons (Fsp3) is 0.276. The van der Waals surface area contributed by atoms with E-state index in [1.54, 1.807) is 0 Å². The maximum Gasteiger partial charge on any atom is 0.407 e. The predicted molar refractivity (Wildman–Crippen MR) is 128 cm³/mol. The molecule has 0 aliphatic heterocycles. The van der Waals surface area contributed by atoms with Crippen LogP contribution in [0.15, 0.2) is 84.4 Å². The number of carbonyl (C=O) groups is 1. The predicted octanol–water partition coefficient (Wildman–Crippen LogP) is 6.46. The highest BCUT2D eigenvalue weighted by Crippen LogP contribution is 2.40. The Kier molecular flexibility index (Phi) is 6.06. The molecule has 3 nitrogen and oxygen atoms in total. The molecule has 3 heteroatoms. The monoisotopic (exact) mass is 423 g/mol. The minimum atomic E-state index is -0.327. The van der Waals surface area contributed by atoms with Crippen LogP contribution in [0, 0.1) is 0 Å². The van der Waals surface area contributed by atoms with E-state index in [9.17, 15) is 4.79 Å². The molecule has 0 saturated heterocycles. The molecule has 0 radical (unpaired) electrons. The van der Waals surface area contributed by atoms with Gasteiger partial charge in [0.15, 0.2) is 0 Å². The van der Waals surface area contributed by atoms with Crippen LogP contribution in [0.3, 0.4) is 0 Å². The molecule has 1 unspecified atom stereocenters. The van der Waals surface area contributed by atoms with Crippen LogP contribution < -0.4 is 5.32 Å². The molecular formula is C29H29NO2. The minimum absolute atomic E-state index is 0.108. The normalized spacial score (nSPS) is 17.7. The van der Waals surface area contributed by atoms with Gasteiger partial charge in [-0.1, -0.05) is 84.4 Å². The summed E-state index contributed by atoms with van der Waals surface area (Å²) in [5, 5.41) is 3.13. The van der Waals surface area contributed by atoms with Gasteiger partial charge in [0, 0.05) is 6.04 Å². The average Bonchev–Trinajstić information content (AvgIpc) is 3.00. The lowest BCUT2D eigenvalue weighted by Crippen LogP contribution is -2.37. The summed E-state index contributed by atoms with van der Waals surface area (Å²) in [6.07, 6.45) is 5.82. The summed E-state index contributed by atoms with van der Waals surface area (Å²) in [5.41, 5.74) is 9.40. The molecular weight excluding hydrogens is 394 g/mol. The molecule has 3 aromatic carbocycles. The largest absolute Gasteiger partial charge is 0.445 e. The SMILES string of the molecule is O=C(NC1CCCC(=C2c3ccccc3CCc3ccccc32)C1)OCc1ccccc1. The van der Waals surface area contributed by atoms with E-state index in [2.05, 4.69) is 53.8 Å². The van der Waals surface area contributed by atoms with Crippen molar-refractivity contribution in [2.75, 3.05) is 0 Å². The summed E-state index contributed by atoms with van der Waals surface area (Å²) in [6.45, 7) is 0.300. The van der Waals surface area contributed by atoms with Crippen LogP contribution in [-0.4, -0.2) is 12.1 Å². The third-order valence-electron chi connectivity index (χ3n) is 6.65. The lowest BCUT2D eigenvalue weighted by molar-refractivity contribution is 0.134. The van der Waals surface area contributed by atoms with Crippen LogP contribution in [0.4, 0.5) is 4.79 Å². The fourth-order valence-corrected chi connectivity index (χ4v) is 5.10. The van der Waals surface area contributed by atoms with Gasteiger partial charge in [0.1, 0.15) is 6.61 Å². The molecule has 0 bridgehead atoms. The van der Waals surface area contributed by atoms with Crippen molar-refractivity contribution >= 4 is 11.7 Å². The number of ether oxygens (including phenoxy) is 1. The number of hydrogen-bond donors (Lipinski definition) is 1. The highest BCUT2D eigenvalue weighted by Gasteiger charge is 2.26. The number of fused-ring (bicyclic) bond motifs is 2. The quantitative estimate of drug-likeness (QED) is 0.525. The number of benzene rings is 3. The molecule has 1 N–H and O–H groups in total. The van der Waals surface area contributed by atoms with Crippen molar-refractivity contribution in [3.8, 4) is 0 Å². The Labute approximate surface area is 190 Å². The topological polar surface area (TPSA) is 38.3 Å². The standard InChI is InChI=1S/C29H29NO2/c31-29(32-20-21-9-2-1-3-10-21)30-25-14-8-13-24(19-25)28-26-15-6-4-11-22(26)17-18-23-12-5-7-16-27(23)28/h1-7,9-12,15-16,25H,8,13-14,17-20H2,(H,30,31). The van der Waals surface area contributed by atoms with E-state index >= 15 is 0 Å². The zero-order valence-electron chi connectivity index (χ0n) is 18.3. The molecule has 32 heavy (non-hydrogen) atoms. The Balaban J connectivity index is 1.38. The van der Waals surface area contributed by atoms with E-state index in [0.29, 0.717) is 6.61 Å². The van der Waals surface area contributed by atoms with E-state index < -0.39 is 0 Å². The molecule has 5 rings (SSSR count). The Morgan fingerprint density at radius 2 is 1.44 bits per heavy atom. The lowest BCUT2D eigenvalue weighted by Gasteiger charge is -2.28. The van der Waals surface area contributed by atoms with Crippen molar-refractivity contribution < 1.29 is 9.53 Å². The van der Waals surface area contributed by atoms with Crippen LogP contribution in [0.5, 0.6) is 0 Å². The number of rotatable bonds is 3. The second-order valence-electron chi connectivity index (χ2n) is 8.79. The molecule has 0 spiro atoms. The van der Waals surface area contributed by atoms with E-state index in [1.165, 1.54) is 33.4 Å². The zero-order valence-corrected chi connectivity index (χ0v) is 18.3. The van der Waals surface area contributed by atoms with E-state index in [-0.39, 0.29) is 12.1 Å². The Morgan fingerprint density at radius 1 is 0.812 bits per heavy atom. The average molecular weight is 424 g/mol. The van der Waals surface area contributed by atoms with Crippen LogP contribution in [-0.2, 0) is 24.2 Å². The maximum atomic E-state index is 12.5. The maximum absolute atomic E-state index is 12.5. The first kappa shape index (κ1) is 20.6. The van der Waals surface area contributed by atoms with Gasteiger partial charge in [0.25, 0.3) is 0 Å². The Hall–Kier alpha value is -3.33. The van der Waals surface area contributed by atoms with Gasteiger partial charge in [-0.2, -0.15) is 0 Å². The van der Waals surface area contributed by atoms with Crippen LogP contribution in [0.1, 0.15) is 53.5 Å². The van der Waals surface area contributed by atoms with Crippen molar-refractivity contribution in [3.63, 3.8) is 0 Å². The van der Waals surface area contributed by atoms with Gasteiger partial charge in [-0.05, 0) is 71.9 Å². The molecule has 2 aliphatic carbocycles. The summed E-state index contributed by atoms with van der Waals surface area (Å²) >= 11 is 0. The minimum Gasteiger partial charge on any atom is -0.445 e. The number of alkyl carbamates (subject to hydrolysis) is 1. The van der Waals surface area contributed by atoms with E-state index in [0.717, 1.165) is 44.1 Å². The van der Waals surface area contributed by atoms with Crippen molar-refractivity contribution in [1.82, 2.24) is 5.32 Å². The summed E-state index contributed by atoms with van der Waals surface area (Å²) < 4.78 is 5.48. The summed E-state index contributed by atoms with van der Waals surface area (Å²) in [5.74, 6) is 0. The lowest BCUT2D eigenvalue weighted by atomic mass is 9.82. The van der Waals surface area contributed by atoms with Gasteiger partial charge in [-0.25, -0.2) is 4.79 Å². The van der Waals surface area contributed by atoms with Crippen molar-refractivity contribution in [3.05, 3.63) is 112 Å². The van der Waals surface area contributed by atoms with E-state index in [4.69, 9.17) is 4.74 Å². The summed E-state index contributed by atoms with van der Waals surface area (Å²) in [7, 11) is 0. The second-order valence-corrected chi connectivity index (χ2v) is 8.79. The molecule has 3 aromatic rings. The first-order valence-corrected chi connectivity index (χ1v) is 11.6. The molecule has 1 atom stereocenters. The Bertz CT molecular complexity index is 1080. The van der Waals surface area contributed by atoms with E-state index in [1.807, 2.05) is 30.3 Å². The summed E-state index contributed by atoms with van der Waals surface area (Å²) in [6, 6.07) is 27.6. The zero-order chi connectivity index (χ0) is 21.8. The van der Waals surface area contributed by atoms with Crippen molar-refractivity contribution in [1.29, 1.82) is 0 Å². The third kappa shape index (κ3) is 4.47. The number of amides is 1. The van der Waals surface area contributed by atoms with Crippen LogP contribution >= 0.6 is 0 Å². The number of hydrogen-bond acceptors (Lipinski definition) is 2. The van der Waals surface area contributed by atoms with Gasteiger partial charge < -0.3 is 10.1 Å². The molecule has 1 saturated carbocycles. The number of carbonyl (C=O) groups excluding carboxylic acids is 1. The highest BCUT2D eigenvalue weighted by molar-refractivity contribution is 5.86. The molecule has 0 aromatic heterocycles. The van der Waals surface area contributed by atoms with Gasteiger partial charge in [0.05, 0.1) is 0 Å². The number of nitrogens with one attached hydrogen (secondary N) is 1. The first-order chi connectivity index (χ1) is 15.8. The molecule has 1 amide bonds. The first-order valence-electron chi connectivity index (χ1n) is 11.6. The second kappa shape index (κ2) is 9.44. The van der Waals surface area contributed by atoms with Crippen molar-refractivity contribution in [2.45, 2.75) is 51.2 Å². The Morgan fingerprint density at radius 3 is 2.12 bits per heavy atom. The molecule has 2 aliphatic rings. The third-order valence-corrected chi connectivity index (χ3v) is 6.65. The van der Waals surface area contributed by atoms with Gasteiger partial charge in [0.2, 0.25) is 0 Å². The molecule has 1 fully saturated rings. The van der Waals surface area contributed by atoms with Crippen LogP contribution in [0.2, 0.25) is 0 Å². The molecule has 0 heterocycles. The van der Waals surface area contributed by atoms with Gasteiger partial charge in [-0.15, -0.1) is 0 Å². The van der Waals surface area contributed by atoms with Gasteiger partial charge >= 0.3 is 6.09 Å². The number of aryl methyl sites for hydroxylation is 2.